The number of alkyl halides is 3. The molecule has 0 aliphatic carbocycles. The molecule has 1 amide bonds. The van der Waals surface area contributed by atoms with Crippen LogP contribution in [-0.2, 0) is 13.1 Å². The number of piperidine rings is 1. The number of hydrogen-bond acceptors (Lipinski definition) is 5. The van der Waals surface area contributed by atoms with Gasteiger partial charge in [0.15, 0.2) is 5.89 Å². The second-order valence-corrected chi connectivity index (χ2v) is 7.74. The van der Waals surface area contributed by atoms with Crippen LogP contribution in [0.15, 0.2) is 27.6 Å². The number of likely N-dealkylation sites (tertiary alicyclic amines) is 1. The van der Waals surface area contributed by atoms with Gasteiger partial charge in [-0.05, 0) is 24.5 Å². The minimum atomic E-state index is -4.52. The van der Waals surface area contributed by atoms with Crippen molar-refractivity contribution in [2.75, 3.05) is 19.6 Å². The molecule has 2 bridgehead atoms. The summed E-state index contributed by atoms with van der Waals surface area (Å²) in [6.07, 6.45) is -1.94. The quantitative estimate of drug-likeness (QED) is 0.835. The second-order valence-electron chi connectivity index (χ2n) is 7.74. The van der Waals surface area contributed by atoms with E-state index in [4.69, 9.17) is 4.42 Å². The normalized spacial score (nSPS) is 21.7. The minimum absolute atomic E-state index is 0.121. The second kappa shape index (κ2) is 7.33. The number of hydrogen-bond donors (Lipinski definition) is 1. The summed E-state index contributed by atoms with van der Waals surface area (Å²) in [5.74, 6) is -0.0391. The lowest BCUT2D eigenvalue weighted by molar-refractivity contribution is -0.123. The summed E-state index contributed by atoms with van der Waals surface area (Å²) in [6.45, 7) is 2.94. The molecule has 1 fully saturated rings. The predicted molar refractivity (Wildman–Crippen MR) is 96.5 cm³/mol. The van der Waals surface area contributed by atoms with Crippen LogP contribution in [0.4, 0.5) is 13.2 Å². The SMILES string of the molecule is Cc1nc(CN2C[C@@H]3C[C@H](C2)c2ccc(C(=O)NCC(F)(F)F)c(=O)n2C3)co1. The van der Waals surface area contributed by atoms with Crippen LogP contribution in [0.3, 0.4) is 0 Å². The van der Waals surface area contributed by atoms with Crippen LogP contribution < -0.4 is 10.9 Å². The van der Waals surface area contributed by atoms with Crippen LogP contribution in [0.25, 0.3) is 0 Å². The van der Waals surface area contributed by atoms with Gasteiger partial charge in [0.25, 0.3) is 11.5 Å². The molecule has 156 valence electrons. The Balaban J connectivity index is 1.52. The number of aryl methyl sites for hydroxylation is 1. The molecule has 4 rings (SSSR count). The fraction of sp³-hybridized carbons (Fsp3) is 0.526. The lowest BCUT2D eigenvalue weighted by atomic mass is 9.83. The van der Waals surface area contributed by atoms with Crippen molar-refractivity contribution in [3.63, 3.8) is 0 Å². The Morgan fingerprint density at radius 2 is 2.10 bits per heavy atom. The van der Waals surface area contributed by atoms with Gasteiger partial charge in [-0.25, -0.2) is 4.98 Å². The van der Waals surface area contributed by atoms with Crippen molar-refractivity contribution in [3.8, 4) is 0 Å². The maximum Gasteiger partial charge on any atom is 0.405 e. The molecule has 1 saturated heterocycles. The molecule has 7 nitrogen and oxygen atoms in total. The van der Waals surface area contributed by atoms with Gasteiger partial charge >= 0.3 is 6.18 Å². The average molecular weight is 410 g/mol. The number of nitrogens with zero attached hydrogens (tertiary/aromatic N) is 3. The van der Waals surface area contributed by atoms with E-state index in [0.717, 1.165) is 30.9 Å². The summed E-state index contributed by atoms with van der Waals surface area (Å²) in [6, 6.07) is 3.02. The van der Waals surface area contributed by atoms with Gasteiger partial charge in [-0.2, -0.15) is 13.2 Å². The van der Waals surface area contributed by atoms with Gasteiger partial charge < -0.3 is 14.3 Å². The van der Waals surface area contributed by atoms with E-state index >= 15 is 0 Å². The van der Waals surface area contributed by atoms with Crippen molar-refractivity contribution in [1.29, 1.82) is 0 Å². The molecule has 2 aliphatic rings. The lowest BCUT2D eigenvalue weighted by Gasteiger charge is -2.42. The van der Waals surface area contributed by atoms with Crippen molar-refractivity contribution < 1.29 is 22.4 Å². The molecule has 2 atom stereocenters. The first-order valence-electron chi connectivity index (χ1n) is 9.41. The summed E-state index contributed by atoms with van der Waals surface area (Å²) in [7, 11) is 0. The molecule has 0 spiro atoms. The van der Waals surface area contributed by atoms with E-state index in [2.05, 4.69) is 9.88 Å². The van der Waals surface area contributed by atoms with E-state index in [9.17, 15) is 22.8 Å². The molecule has 0 saturated carbocycles. The van der Waals surface area contributed by atoms with Crippen LogP contribution in [0.2, 0.25) is 0 Å². The fourth-order valence-corrected chi connectivity index (χ4v) is 4.33. The summed E-state index contributed by atoms with van der Waals surface area (Å²) in [4.78, 5) is 31.4. The molecule has 1 N–H and O–H groups in total. The molecular formula is C19H21F3N4O3. The van der Waals surface area contributed by atoms with Crippen molar-refractivity contribution in [1.82, 2.24) is 19.8 Å². The third-order valence-electron chi connectivity index (χ3n) is 5.43. The third kappa shape index (κ3) is 4.21. The van der Waals surface area contributed by atoms with Crippen molar-refractivity contribution in [2.24, 2.45) is 5.92 Å². The number of halogens is 3. The van der Waals surface area contributed by atoms with Gasteiger partial charge in [-0.15, -0.1) is 0 Å². The Morgan fingerprint density at radius 3 is 2.79 bits per heavy atom. The standard InChI is InChI=1S/C19H21F3N4O3/c1-11-24-14(9-29-11)8-25-5-12-4-13(7-25)16-3-2-15(18(28)26(16)6-12)17(27)23-10-19(20,21)22/h2-3,9,12-13H,4-8,10H2,1H3,(H,23,27)/t12-,13+/m0/s1. The number of nitrogens with one attached hydrogen (secondary N) is 1. The highest BCUT2D eigenvalue weighted by Crippen LogP contribution is 2.35. The molecule has 2 aliphatic heterocycles. The van der Waals surface area contributed by atoms with Gasteiger partial charge in [0.05, 0.1) is 5.69 Å². The monoisotopic (exact) mass is 410 g/mol. The molecule has 0 unspecified atom stereocenters. The highest BCUT2D eigenvalue weighted by molar-refractivity contribution is 5.93. The van der Waals surface area contributed by atoms with E-state index in [-0.39, 0.29) is 17.4 Å². The van der Waals surface area contributed by atoms with Crippen LogP contribution in [0.5, 0.6) is 0 Å². The van der Waals surface area contributed by atoms with Crippen molar-refractivity contribution in [3.05, 3.63) is 51.6 Å². The Bertz CT molecular complexity index is 982. The van der Waals surface area contributed by atoms with Crippen molar-refractivity contribution in [2.45, 2.75) is 38.5 Å². The first-order chi connectivity index (χ1) is 13.7. The maximum atomic E-state index is 12.8. The van der Waals surface area contributed by atoms with Gasteiger partial charge in [0.1, 0.15) is 18.4 Å². The number of oxazole rings is 1. The summed E-state index contributed by atoms with van der Waals surface area (Å²) in [5.41, 5.74) is 0.890. The minimum Gasteiger partial charge on any atom is -0.449 e. The predicted octanol–water partition coefficient (Wildman–Crippen LogP) is 2.06. The highest BCUT2D eigenvalue weighted by atomic mass is 19.4. The van der Waals surface area contributed by atoms with E-state index < -0.39 is 24.2 Å². The molecular weight excluding hydrogens is 389 g/mol. The fourth-order valence-electron chi connectivity index (χ4n) is 4.33. The van der Waals surface area contributed by atoms with Crippen molar-refractivity contribution >= 4 is 5.91 Å². The molecule has 0 radical (unpaired) electrons. The number of fused-ring (bicyclic) bond motifs is 4. The smallest absolute Gasteiger partial charge is 0.405 e. The van der Waals surface area contributed by atoms with E-state index in [1.807, 2.05) is 0 Å². The number of pyridine rings is 1. The summed E-state index contributed by atoms with van der Waals surface area (Å²) < 4.78 is 43.8. The number of amides is 1. The number of carbonyl (C=O) groups excluding carboxylic acids is 1. The van der Waals surface area contributed by atoms with Gasteiger partial charge in [-0.3, -0.25) is 14.5 Å². The van der Waals surface area contributed by atoms with Crippen LogP contribution in [-0.4, -0.2) is 46.2 Å². The Kier molecular flexibility index (Phi) is 4.97. The average Bonchev–Trinajstić information content (AvgIpc) is 3.04. The van der Waals surface area contributed by atoms with Gasteiger partial charge in [0, 0.05) is 44.7 Å². The first kappa shape index (κ1) is 19.7. The maximum absolute atomic E-state index is 12.8. The number of aromatic nitrogens is 2. The molecule has 4 heterocycles. The topological polar surface area (TPSA) is 80.4 Å². The Morgan fingerprint density at radius 1 is 1.31 bits per heavy atom. The zero-order valence-electron chi connectivity index (χ0n) is 15.8. The van der Waals surface area contributed by atoms with E-state index in [0.29, 0.717) is 19.0 Å². The Labute approximate surface area is 164 Å². The van der Waals surface area contributed by atoms with Gasteiger partial charge in [-0.1, -0.05) is 0 Å². The zero-order chi connectivity index (χ0) is 20.8. The third-order valence-corrected chi connectivity index (χ3v) is 5.43. The number of rotatable bonds is 4. The summed E-state index contributed by atoms with van der Waals surface area (Å²) >= 11 is 0. The van der Waals surface area contributed by atoms with E-state index in [1.54, 1.807) is 29.1 Å². The largest absolute Gasteiger partial charge is 0.449 e. The molecule has 2 aromatic rings. The Hall–Kier alpha value is -2.62. The molecule has 29 heavy (non-hydrogen) atoms. The van der Waals surface area contributed by atoms with Crippen LogP contribution >= 0.6 is 0 Å². The molecule has 10 heteroatoms. The molecule has 0 aromatic carbocycles. The lowest BCUT2D eigenvalue weighted by Crippen LogP contribution is -2.48. The zero-order valence-corrected chi connectivity index (χ0v) is 15.8. The highest BCUT2D eigenvalue weighted by Gasteiger charge is 2.36. The van der Waals surface area contributed by atoms with Crippen LogP contribution in [0, 0.1) is 12.8 Å². The van der Waals surface area contributed by atoms with Gasteiger partial charge in [0.2, 0.25) is 0 Å². The summed E-state index contributed by atoms with van der Waals surface area (Å²) in [5, 5.41) is 1.77. The van der Waals surface area contributed by atoms with Crippen LogP contribution in [0.1, 0.15) is 40.0 Å². The number of carbonyl (C=O) groups is 1. The molecule has 2 aromatic heterocycles. The first-order valence-corrected chi connectivity index (χ1v) is 9.41. The van der Waals surface area contributed by atoms with E-state index in [1.165, 1.54) is 6.07 Å².